The predicted octanol–water partition coefficient (Wildman–Crippen LogP) is 9.23. The van der Waals surface area contributed by atoms with Crippen LogP contribution in [0.4, 0.5) is 0 Å². The zero-order valence-electron chi connectivity index (χ0n) is 57.9. The van der Waals surface area contributed by atoms with Crippen LogP contribution in [0.1, 0.15) is 85.3 Å². The van der Waals surface area contributed by atoms with E-state index in [0.717, 1.165) is 83.8 Å². The van der Waals surface area contributed by atoms with E-state index in [0.29, 0.717) is 44.7 Å². The molecule has 0 saturated heterocycles. The number of phenolic OH excluding ortho intramolecular Hbond substituents is 1. The van der Waals surface area contributed by atoms with Crippen LogP contribution in [0.5, 0.6) is 34.5 Å². The number of aromatic hydroxyl groups is 1. The maximum Gasteiger partial charge on any atom is 0.325 e. The van der Waals surface area contributed by atoms with Crippen LogP contribution in [0.25, 0.3) is 0 Å². The third-order valence-corrected chi connectivity index (χ3v) is 14.6. The zero-order chi connectivity index (χ0) is 71.6. The normalized spacial score (nSPS) is 12.0. The molecule has 0 heterocycles. The molecule has 0 aliphatic rings. The first-order valence-electron chi connectivity index (χ1n) is 32.6. The summed E-state index contributed by atoms with van der Waals surface area (Å²) >= 11 is 0. The minimum Gasteiger partial charge on any atom is -0.508 e. The van der Waals surface area contributed by atoms with Gasteiger partial charge in [0.15, 0.2) is 0 Å². The van der Waals surface area contributed by atoms with Crippen molar-refractivity contribution in [1.29, 1.82) is 0 Å². The van der Waals surface area contributed by atoms with Gasteiger partial charge in [-0.2, -0.15) is 0 Å². The van der Waals surface area contributed by atoms with Crippen molar-refractivity contribution in [3.63, 3.8) is 0 Å². The van der Waals surface area contributed by atoms with Crippen LogP contribution >= 0.6 is 0 Å². The number of para-hydroxylation sites is 3. The smallest absolute Gasteiger partial charge is 0.325 e. The molecule has 0 aromatic heterocycles. The lowest BCUT2D eigenvalue weighted by Crippen LogP contribution is -2.35. The number of carboxylic acid groups (broad SMARTS) is 2. The number of ether oxygens (including phenoxy) is 8. The summed E-state index contributed by atoms with van der Waals surface area (Å²) < 4.78 is 45.0. The van der Waals surface area contributed by atoms with E-state index in [2.05, 4.69) is 23.7 Å². The van der Waals surface area contributed by atoms with E-state index in [1.54, 1.807) is 33.3 Å². The van der Waals surface area contributed by atoms with Gasteiger partial charge >= 0.3 is 35.8 Å². The lowest BCUT2D eigenvalue weighted by Gasteiger charge is -2.22. The number of carboxylic acids is 2. The van der Waals surface area contributed by atoms with Crippen LogP contribution in [0.15, 0.2) is 146 Å². The van der Waals surface area contributed by atoms with E-state index >= 15 is 0 Å². The average Bonchev–Trinajstić information content (AvgIpc) is 0.923. The number of aryl methyl sites for hydroxylation is 6. The fourth-order valence-electron chi connectivity index (χ4n) is 9.58. The number of nitrogens with one attached hydrogen (secondary N) is 1. The lowest BCUT2D eigenvalue weighted by atomic mass is 10.0. The number of aldehydes is 1. The molecule has 0 spiro atoms. The summed E-state index contributed by atoms with van der Waals surface area (Å²) in [6, 6.07) is 45.7. The van der Waals surface area contributed by atoms with Crippen LogP contribution in [0.3, 0.4) is 0 Å². The highest BCUT2D eigenvalue weighted by atomic mass is 16.7. The number of hydrogen-bond acceptors (Lipinski definition) is 21. The van der Waals surface area contributed by atoms with Gasteiger partial charge in [-0.05, 0) is 175 Å². The molecule has 0 bridgehead atoms. The van der Waals surface area contributed by atoms with Crippen molar-refractivity contribution >= 4 is 42.1 Å². The highest BCUT2D eigenvalue weighted by Crippen LogP contribution is 2.25. The number of rotatable bonds is 42. The number of hydrogen-bond donors (Lipinski definition) is 4. The van der Waals surface area contributed by atoms with E-state index in [-0.39, 0.29) is 69.6 Å². The molecule has 4 N–H and O–H groups in total. The fraction of sp³-hybridized carbons (Fsp3) is 0.427. The summed E-state index contributed by atoms with van der Waals surface area (Å²) in [5, 5.41) is 26.8. The summed E-state index contributed by atoms with van der Waals surface area (Å²) in [6.45, 7) is 3.94. The molecule has 3 unspecified atom stereocenters. The molecule has 6 aromatic carbocycles. The van der Waals surface area contributed by atoms with Gasteiger partial charge in [0.25, 0.3) is 0 Å². The molecule has 532 valence electrons. The summed E-state index contributed by atoms with van der Waals surface area (Å²) in [5.41, 5.74) is 8.96. The second-order valence-corrected chi connectivity index (χ2v) is 23.8. The monoisotopic (exact) mass is 1360 g/mol. The molecule has 0 fully saturated rings. The van der Waals surface area contributed by atoms with Crippen LogP contribution in [0.2, 0.25) is 0 Å². The van der Waals surface area contributed by atoms with Crippen LogP contribution in [-0.2, 0) is 91.1 Å². The van der Waals surface area contributed by atoms with Gasteiger partial charge in [-0.3, -0.25) is 28.8 Å². The molecular formula is C75H98N4O19. The van der Waals surface area contributed by atoms with E-state index in [1.807, 2.05) is 172 Å². The molecule has 98 heavy (non-hydrogen) atoms. The maximum absolute atomic E-state index is 12.4. The van der Waals surface area contributed by atoms with Gasteiger partial charge < -0.3 is 77.5 Å². The molecule has 4 atom stereocenters. The van der Waals surface area contributed by atoms with Gasteiger partial charge in [-0.25, -0.2) is 0 Å². The Morgan fingerprint density at radius 1 is 0.439 bits per heavy atom. The summed E-state index contributed by atoms with van der Waals surface area (Å²) in [7, 11) is 14.6. The van der Waals surface area contributed by atoms with Crippen molar-refractivity contribution in [1.82, 2.24) is 20.2 Å². The van der Waals surface area contributed by atoms with Gasteiger partial charge in [0.05, 0.1) is 45.9 Å². The highest BCUT2D eigenvalue weighted by Gasteiger charge is 2.22. The molecule has 6 rings (SSSR count). The molecule has 0 aliphatic heterocycles. The minimum absolute atomic E-state index is 0.0367. The molecule has 23 nitrogen and oxygen atoms in total. The Morgan fingerprint density at radius 3 is 1.11 bits per heavy atom. The van der Waals surface area contributed by atoms with Crippen LogP contribution in [0, 0.1) is 0 Å². The number of hydroxylamine groups is 1. The molecule has 0 saturated carbocycles. The third kappa shape index (κ3) is 34.4. The van der Waals surface area contributed by atoms with Crippen molar-refractivity contribution in [3.05, 3.63) is 179 Å². The second-order valence-electron chi connectivity index (χ2n) is 23.8. The Kier molecular flexibility index (Phi) is 37.8. The number of carbonyl (C=O) groups excluding carboxylic acids is 5. The summed E-state index contributed by atoms with van der Waals surface area (Å²) in [6.07, 6.45) is 3.13. The van der Waals surface area contributed by atoms with E-state index < -0.39 is 48.1 Å². The number of methoxy groups -OCH3 is 2. The second kappa shape index (κ2) is 45.8. The van der Waals surface area contributed by atoms with Gasteiger partial charge in [0.2, 0.25) is 0 Å². The topological polar surface area (TPSA) is 285 Å². The molecular weight excluding hydrogens is 1260 g/mol. The largest absolute Gasteiger partial charge is 0.508 e. The van der Waals surface area contributed by atoms with E-state index in [9.17, 15) is 38.7 Å². The molecule has 0 amide bonds. The number of nitrogens with zero attached hydrogens (tertiary/aromatic N) is 3. The first-order chi connectivity index (χ1) is 47.0. The van der Waals surface area contributed by atoms with E-state index in [4.69, 9.17) is 52.9 Å². The SMILES string of the molecule is CCC(=O)OC(COc1ccccc1CCc1ccc(OC)cc1)CN(C)C.CN(C)CC(COc1ccccc1CCc1ccc(O)cc1)OC(=O)CCC(=O)O.COc1ccc(CCc2ccccc2OCC(CN(C)C)OC(=O)CCC(=O)ON[C@H](C=O)CCC(=O)O)cc1. The lowest BCUT2D eigenvalue weighted by molar-refractivity contribution is -0.159. The molecule has 0 radical (unpaired) electrons. The number of benzene rings is 6. The van der Waals surface area contributed by atoms with Gasteiger partial charge in [-0.1, -0.05) is 97.9 Å². The first-order valence-corrected chi connectivity index (χ1v) is 32.6. The first kappa shape index (κ1) is 80.9. The number of esters is 3. The molecule has 0 aliphatic carbocycles. The Balaban J connectivity index is 0.000000319. The number of aliphatic carboxylic acids is 2. The van der Waals surface area contributed by atoms with Gasteiger partial charge in [-0.15, -0.1) is 5.48 Å². The van der Waals surface area contributed by atoms with Crippen LogP contribution < -0.4 is 29.2 Å². The van der Waals surface area contributed by atoms with Gasteiger partial charge in [0, 0.05) is 32.5 Å². The van der Waals surface area contributed by atoms with Gasteiger partial charge in [0.1, 0.15) is 78.9 Å². The summed E-state index contributed by atoms with van der Waals surface area (Å²) in [5.74, 6) is -0.0478. The molecule has 6 aromatic rings. The standard InChI is InChI=1S/C29H38N2O9.C23H29NO6.C23H31NO4/c1-31(2)18-25(39-28(35)16-17-29(36)40-30-23(19-32)12-15-27(33)34)20-38-26-7-5-4-6-22(26)11-8-21-9-13-24(37-3)14-10-21;1-24(2)15-20(30-23(28)14-13-22(26)27)16-29-21-6-4-3-5-18(21)10-7-17-8-11-19(25)12-9-17;1-5-23(25)28-21(16-24(2)3)17-27-22-9-7-6-8-19(22)13-10-18-11-14-20(26-4)15-12-18/h4-7,9-10,13-14,19,23,25,30H,8,11-12,15-18,20H2,1-3H3,(H,33,34);3-6,8-9,11-12,20,25H,7,10,13-16H2,1-2H3,(H,26,27);6-9,11-12,14-15,21H,5,10,13,16-17H2,1-4H3/t23-,25?;;/m0../s1. The minimum atomic E-state index is -1.07. The Labute approximate surface area is 575 Å². The zero-order valence-corrected chi connectivity index (χ0v) is 57.9. The number of likely N-dealkylation sites (N-methyl/N-ethyl adjacent to an activating group) is 3. The maximum atomic E-state index is 12.4. The highest BCUT2D eigenvalue weighted by molar-refractivity contribution is 5.78. The van der Waals surface area contributed by atoms with Crippen molar-refractivity contribution in [2.75, 3.05) is 96.0 Å². The fourth-order valence-corrected chi connectivity index (χ4v) is 9.58. The van der Waals surface area contributed by atoms with Crippen molar-refractivity contribution < 1.29 is 91.6 Å². The van der Waals surface area contributed by atoms with Crippen molar-refractivity contribution in [3.8, 4) is 34.5 Å². The summed E-state index contributed by atoms with van der Waals surface area (Å²) in [4.78, 5) is 90.7. The van der Waals surface area contributed by atoms with Crippen molar-refractivity contribution in [2.45, 2.75) is 115 Å². The third-order valence-electron chi connectivity index (χ3n) is 14.6. The Bertz CT molecular complexity index is 3330. The molecule has 23 heteroatoms. The van der Waals surface area contributed by atoms with E-state index in [1.165, 1.54) is 11.1 Å². The number of phenols is 1. The Morgan fingerprint density at radius 2 is 0.776 bits per heavy atom. The van der Waals surface area contributed by atoms with Crippen LogP contribution in [-0.4, -0.2) is 192 Å². The number of carbonyl (C=O) groups is 7. The quantitative estimate of drug-likeness (QED) is 0.0120. The average molecular weight is 1360 g/mol. The van der Waals surface area contributed by atoms with Crippen molar-refractivity contribution in [2.24, 2.45) is 0 Å². The Hall–Kier alpha value is -9.55. The predicted molar refractivity (Wildman–Crippen MR) is 370 cm³/mol.